The molecular weight excluding hydrogens is 206 g/mol. The highest BCUT2D eigenvalue weighted by Crippen LogP contribution is 2.20. The molecule has 1 aromatic carbocycles. The van der Waals surface area contributed by atoms with E-state index in [1.54, 1.807) is 0 Å². The number of carboxylic acids is 1. The molecule has 0 saturated heterocycles. The van der Waals surface area contributed by atoms with E-state index in [0.29, 0.717) is 5.69 Å². The molecule has 0 unspecified atom stereocenters. The summed E-state index contributed by atoms with van der Waals surface area (Å²) in [5.41, 5.74) is 0.386. The van der Waals surface area contributed by atoms with E-state index in [0.717, 1.165) is 0 Å². The second-order valence-corrected chi connectivity index (χ2v) is 3.09. The first-order valence-corrected chi connectivity index (χ1v) is 4.19. The molecule has 0 aliphatic rings. The molecule has 0 spiro atoms. The number of carbonyl (C=O) groups is 2. The van der Waals surface area contributed by atoms with Gasteiger partial charge >= 0.3 is 5.97 Å². The van der Waals surface area contributed by atoms with Crippen molar-refractivity contribution >= 4 is 29.2 Å². The average molecular weight is 214 g/mol. The van der Waals surface area contributed by atoms with Gasteiger partial charge in [-0.3, -0.25) is 4.79 Å². The maximum absolute atomic E-state index is 10.7. The average Bonchev–Trinajstić information content (AvgIpc) is 2.07. The fourth-order valence-electron chi connectivity index (χ4n) is 0.970. The molecule has 0 aliphatic heterocycles. The summed E-state index contributed by atoms with van der Waals surface area (Å²) in [7, 11) is 0. The molecule has 0 heterocycles. The number of halogens is 1. The lowest BCUT2D eigenvalue weighted by molar-refractivity contribution is -0.114. The molecule has 14 heavy (non-hydrogen) atoms. The van der Waals surface area contributed by atoms with Crippen LogP contribution in [-0.2, 0) is 4.79 Å². The van der Waals surface area contributed by atoms with E-state index in [9.17, 15) is 9.59 Å². The van der Waals surface area contributed by atoms with Crippen molar-refractivity contribution in [3.8, 4) is 0 Å². The number of amides is 1. The zero-order chi connectivity index (χ0) is 10.7. The van der Waals surface area contributed by atoms with Crippen LogP contribution in [0.1, 0.15) is 17.3 Å². The van der Waals surface area contributed by atoms with E-state index in [-0.39, 0.29) is 16.5 Å². The van der Waals surface area contributed by atoms with Crippen molar-refractivity contribution in [3.05, 3.63) is 28.8 Å². The molecule has 0 radical (unpaired) electrons. The van der Waals surface area contributed by atoms with E-state index in [1.165, 1.54) is 25.1 Å². The Balaban J connectivity index is 3.06. The Bertz CT molecular complexity index is 390. The predicted octanol–water partition coefficient (Wildman–Crippen LogP) is 2.00. The van der Waals surface area contributed by atoms with Gasteiger partial charge in [0, 0.05) is 12.6 Å². The number of nitrogens with one attached hydrogen (secondary N) is 1. The minimum absolute atomic E-state index is 0.0297. The van der Waals surface area contributed by atoms with Gasteiger partial charge in [-0.05, 0) is 18.2 Å². The van der Waals surface area contributed by atoms with Crippen molar-refractivity contribution in [2.24, 2.45) is 0 Å². The van der Waals surface area contributed by atoms with E-state index < -0.39 is 5.97 Å². The SMILES string of the molecule is CC(=O)Nc1ccc(Cl)c(C(=O)O)c1. The largest absolute Gasteiger partial charge is 0.478 e. The molecule has 74 valence electrons. The van der Waals surface area contributed by atoms with Crippen molar-refractivity contribution in [3.63, 3.8) is 0 Å². The number of hydrogen-bond acceptors (Lipinski definition) is 2. The Morgan fingerprint density at radius 2 is 2.07 bits per heavy atom. The predicted molar refractivity (Wildman–Crippen MR) is 52.7 cm³/mol. The Kier molecular flexibility index (Phi) is 3.09. The van der Waals surface area contributed by atoms with Crippen LogP contribution in [0.4, 0.5) is 5.69 Å². The van der Waals surface area contributed by atoms with Crippen LogP contribution < -0.4 is 5.32 Å². The smallest absolute Gasteiger partial charge is 0.337 e. The standard InChI is InChI=1S/C9H8ClNO3/c1-5(12)11-6-2-3-8(10)7(4-6)9(13)14/h2-4H,1H3,(H,11,12)(H,13,14). The van der Waals surface area contributed by atoms with Crippen LogP contribution in [0.5, 0.6) is 0 Å². The number of carbonyl (C=O) groups excluding carboxylic acids is 1. The highest BCUT2D eigenvalue weighted by molar-refractivity contribution is 6.33. The zero-order valence-electron chi connectivity index (χ0n) is 7.37. The summed E-state index contributed by atoms with van der Waals surface area (Å²) in [5, 5.41) is 11.3. The van der Waals surface area contributed by atoms with E-state index in [2.05, 4.69) is 5.32 Å². The molecule has 0 aliphatic carbocycles. The van der Waals surface area contributed by atoms with Gasteiger partial charge in [0.2, 0.25) is 5.91 Å². The molecule has 2 N–H and O–H groups in total. The fraction of sp³-hybridized carbons (Fsp3) is 0.111. The molecule has 0 atom stereocenters. The summed E-state index contributed by atoms with van der Waals surface area (Å²) >= 11 is 5.63. The van der Waals surface area contributed by atoms with Gasteiger partial charge in [-0.25, -0.2) is 4.79 Å². The van der Waals surface area contributed by atoms with Gasteiger partial charge in [-0.2, -0.15) is 0 Å². The summed E-state index contributed by atoms with van der Waals surface area (Å²) < 4.78 is 0. The lowest BCUT2D eigenvalue weighted by atomic mass is 10.2. The quantitative estimate of drug-likeness (QED) is 0.790. The number of benzene rings is 1. The second-order valence-electron chi connectivity index (χ2n) is 2.68. The second kappa shape index (κ2) is 4.11. The van der Waals surface area contributed by atoms with Gasteiger partial charge in [0.1, 0.15) is 0 Å². The first-order chi connectivity index (χ1) is 6.50. The number of anilines is 1. The highest BCUT2D eigenvalue weighted by atomic mass is 35.5. The minimum Gasteiger partial charge on any atom is -0.478 e. The van der Waals surface area contributed by atoms with Crippen LogP contribution in [0.2, 0.25) is 5.02 Å². The first-order valence-electron chi connectivity index (χ1n) is 3.81. The van der Waals surface area contributed by atoms with Crippen LogP contribution in [-0.4, -0.2) is 17.0 Å². The van der Waals surface area contributed by atoms with Gasteiger partial charge in [0.05, 0.1) is 10.6 Å². The van der Waals surface area contributed by atoms with Crippen molar-refractivity contribution < 1.29 is 14.7 Å². The monoisotopic (exact) mass is 213 g/mol. The van der Waals surface area contributed by atoms with Gasteiger partial charge in [-0.1, -0.05) is 11.6 Å². The van der Waals surface area contributed by atoms with E-state index in [4.69, 9.17) is 16.7 Å². The molecule has 1 rings (SSSR count). The van der Waals surface area contributed by atoms with Crippen molar-refractivity contribution in [1.82, 2.24) is 0 Å². The fourth-order valence-corrected chi connectivity index (χ4v) is 1.17. The summed E-state index contributed by atoms with van der Waals surface area (Å²) in [6, 6.07) is 4.28. The third-order valence-electron chi connectivity index (χ3n) is 1.52. The normalized spacial score (nSPS) is 9.57. The van der Waals surface area contributed by atoms with E-state index >= 15 is 0 Å². The third-order valence-corrected chi connectivity index (χ3v) is 1.85. The van der Waals surface area contributed by atoms with Gasteiger partial charge in [0.25, 0.3) is 0 Å². The number of hydrogen-bond donors (Lipinski definition) is 2. The molecule has 1 amide bonds. The van der Waals surface area contributed by atoms with Gasteiger partial charge in [0.15, 0.2) is 0 Å². The first kappa shape index (κ1) is 10.5. The number of aromatic carboxylic acids is 1. The maximum Gasteiger partial charge on any atom is 0.337 e. The van der Waals surface area contributed by atoms with Crippen LogP contribution in [0.25, 0.3) is 0 Å². The van der Waals surface area contributed by atoms with Gasteiger partial charge < -0.3 is 10.4 Å². The number of rotatable bonds is 2. The zero-order valence-corrected chi connectivity index (χ0v) is 8.13. The summed E-state index contributed by atoms with van der Waals surface area (Å²) in [6.07, 6.45) is 0. The van der Waals surface area contributed by atoms with Crippen LogP contribution in [0.3, 0.4) is 0 Å². The molecular formula is C9H8ClNO3. The van der Waals surface area contributed by atoms with E-state index in [1.807, 2.05) is 0 Å². The minimum atomic E-state index is -1.12. The van der Waals surface area contributed by atoms with Crippen molar-refractivity contribution in [2.75, 3.05) is 5.32 Å². The molecule has 5 heteroatoms. The Labute approximate surface area is 85.5 Å². The molecule has 1 aromatic rings. The molecule has 4 nitrogen and oxygen atoms in total. The van der Waals surface area contributed by atoms with Crippen LogP contribution >= 0.6 is 11.6 Å². The topological polar surface area (TPSA) is 66.4 Å². The lowest BCUT2D eigenvalue weighted by Gasteiger charge is -2.04. The Morgan fingerprint density at radius 3 is 2.57 bits per heavy atom. The lowest BCUT2D eigenvalue weighted by Crippen LogP contribution is -2.07. The van der Waals surface area contributed by atoms with Crippen LogP contribution in [0.15, 0.2) is 18.2 Å². The molecule has 0 bridgehead atoms. The summed E-state index contributed by atoms with van der Waals surface area (Å²) in [6.45, 7) is 1.34. The molecule has 0 fully saturated rings. The number of carboxylic acid groups (broad SMARTS) is 1. The van der Waals surface area contributed by atoms with Crippen molar-refractivity contribution in [2.45, 2.75) is 6.92 Å². The Hall–Kier alpha value is -1.55. The maximum atomic E-state index is 10.7. The summed E-state index contributed by atoms with van der Waals surface area (Å²) in [5.74, 6) is -1.38. The molecule has 0 saturated carbocycles. The Morgan fingerprint density at radius 1 is 1.43 bits per heavy atom. The third kappa shape index (κ3) is 2.47. The highest BCUT2D eigenvalue weighted by Gasteiger charge is 2.09. The van der Waals surface area contributed by atoms with Crippen molar-refractivity contribution in [1.29, 1.82) is 0 Å². The summed E-state index contributed by atoms with van der Waals surface area (Å²) in [4.78, 5) is 21.4. The van der Waals surface area contributed by atoms with Gasteiger partial charge in [-0.15, -0.1) is 0 Å². The van der Waals surface area contributed by atoms with Crippen LogP contribution in [0, 0.1) is 0 Å². The molecule has 0 aromatic heterocycles.